The lowest BCUT2D eigenvalue weighted by Gasteiger charge is -2.27. The number of nitrogens with two attached hydrogens (primary N) is 1. The van der Waals surface area contributed by atoms with Crippen LogP contribution in [0.1, 0.15) is 20.1 Å². The van der Waals surface area contributed by atoms with Crippen molar-refractivity contribution in [2.24, 2.45) is 0 Å². The van der Waals surface area contributed by atoms with Gasteiger partial charge in [0.2, 0.25) is 0 Å². The Labute approximate surface area is 212 Å². The first-order valence-electron chi connectivity index (χ1n) is 11.3. The Bertz CT molecular complexity index is 1160. The van der Waals surface area contributed by atoms with Crippen LogP contribution in [0.15, 0.2) is 47.4 Å². The molecule has 0 spiro atoms. The molecule has 37 heavy (non-hydrogen) atoms. The summed E-state index contributed by atoms with van der Waals surface area (Å²) in [5.41, 5.74) is 2.76. The molecule has 2 heterocycles. The predicted molar refractivity (Wildman–Crippen MR) is 130 cm³/mol. The number of benzene rings is 1. The fourth-order valence-corrected chi connectivity index (χ4v) is 5.01. The monoisotopic (exact) mass is 542 g/mol. The summed E-state index contributed by atoms with van der Waals surface area (Å²) in [4.78, 5) is 28.2. The van der Waals surface area contributed by atoms with Crippen LogP contribution in [0.5, 0.6) is 5.75 Å². The second kappa shape index (κ2) is 12.1. The Hall–Kier alpha value is -2.84. The van der Waals surface area contributed by atoms with Crippen molar-refractivity contribution in [2.45, 2.75) is 43.9 Å². The maximum absolute atomic E-state index is 13.6. The average Bonchev–Trinajstić information content (AvgIpc) is 3.07. The third-order valence-corrected chi connectivity index (χ3v) is 7.12. The average molecular weight is 542 g/mol. The van der Waals surface area contributed by atoms with Crippen LogP contribution in [0.3, 0.4) is 0 Å². The fourth-order valence-electron chi connectivity index (χ4n) is 3.50. The molecular formula is C22H31N4O10P. The van der Waals surface area contributed by atoms with Crippen molar-refractivity contribution in [1.82, 2.24) is 14.6 Å². The van der Waals surface area contributed by atoms with E-state index >= 15 is 0 Å². The van der Waals surface area contributed by atoms with Gasteiger partial charge in [0, 0.05) is 13.3 Å². The summed E-state index contributed by atoms with van der Waals surface area (Å²) in [5.74, 6) is -0.581. The number of hydrogen-bond acceptors (Lipinski definition) is 12. The molecule has 3 rings (SSSR count). The van der Waals surface area contributed by atoms with Crippen LogP contribution in [0.2, 0.25) is 0 Å². The van der Waals surface area contributed by atoms with Gasteiger partial charge in [0.25, 0.3) is 0 Å². The summed E-state index contributed by atoms with van der Waals surface area (Å²) in [7, 11) is -2.82. The lowest BCUT2D eigenvalue weighted by atomic mass is 9.96. The first-order chi connectivity index (χ1) is 17.5. The van der Waals surface area contributed by atoms with Gasteiger partial charge in [-0.1, -0.05) is 18.2 Å². The number of hydrogen-bond donors (Lipinski definition) is 4. The van der Waals surface area contributed by atoms with Crippen molar-refractivity contribution >= 4 is 19.5 Å². The van der Waals surface area contributed by atoms with Gasteiger partial charge in [-0.2, -0.15) is 10.1 Å². The van der Waals surface area contributed by atoms with Crippen LogP contribution in [-0.4, -0.2) is 76.5 Å². The quantitative estimate of drug-likeness (QED) is 0.162. The molecule has 1 aromatic carbocycles. The minimum absolute atomic E-state index is 0.00993. The van der Waals surface area contributed by atoms with Crippen molar-refractivity contribution in [3.63, 3.8) is 0 Å². The number of methoxy groups -OCH3 is 1. The van der Waals surface area contributed by atoms with Gasteiger partial charge in [0.05, 0.1) is 13.2 Å². The van der Waals surface area contributed by atoms with Gasteiger partial charge in [-0.3, -0.25) is 13.9 Å². The van der Waals surface area contributed by atoms with E-state index in [1.807, 2.05) is 0 Å². The number of nitrogen functional groups attached to an aromatic ring is 1. The van der Waals surface area contributed by atoms with Crippen LogP contribution in [0.25, 0.3) is 0 Å². The van der Waals surface area contributed by atoms with E-state index in [0.717, 1.165) is 4.57 Å². The maximum atomic E-state index is 13.6. The van der Waals surface area contributed by atoms with E-state index in [0.29, 0.717) is 0 Å². The molecular weight excluding hydrogens is 511 g/mol. The molecule has 1 aromatic heterocycles. The van der Waals surface area contributed by atoms with Crippen molar-refractivity contribution in [2.75, 3.05) is 32.7 Å². The number of esters is 1. The zero-order chi connectivity index (χ0) is 27.2. The fraction of sp³-hybridized carbons (Fsp3) is 0.500. The number of nitrogens with one attached hydrogen (secondary N) is 1. The number of aromatic nitrogens is 2. The van der Waals surface area contributed by atoms with E-state index < -0.39 is 56.1 Å². The number of nitrogens with zero attached hydrogens (tertiary/aromatic N) is 2. The van der Waals surface area contributed by atoms with Crippen molar-refractivity contribution < 1.29 is 42.8 Å². The first kappa shape index (κ1) is 28.7. The maximum Gasteiger partial charge on any atom is 0.459 e. The predicted octanol–water partition coefficient (Wildman–Crippen LogP) is 0.206. The number of carbonyl (C=O) groups excluding carboxylic acids is 1. The highest BCUT2D eigenvalue weighted by Gasteiger charge is 2.54. The summed E-state index contributed by atoms with van der Waals surface area (Å²) in [6.07, 6.45) is -2.90. The SMILES string of the molecule is COCCOC(=O)[C@H](C)N[P@](=O)(OC[C@H]1O[C@@H](n2ccc(N)nc2=O)[C@](C)(O)[C@@H]1O)Oc1ccccc1. The number of rotatable bonds is 12. The molecule has 1 fully saturated rings. The largest absolute Gasteiger partial charge is 0.462 e. The van der Waals surface area contributed by atoms with E-state index in [4.69, 9.17) is 29.0 Å². The van der Waals surface area contributed by atoms with Crippen LogP contribution in [0.4, 0.5) is 5.82 Å². The summed E-state index contributed by atoms with van der Waals surface area (Å²) < 4.78 is 41.3. The number of ether oxygens (including phenoxy) is 3. The van der Waals surface area contributed by atoms with Crippen LogP contribution >= 0.6 is 7.75 Å². The minimum Gasteiger partial charge on any atom is -0.462 e. The van der Waals surface area contributed by atoms with Crippen LogP contribution < -0.4 is 21.0 Å². The van der Waals surface area contributed by atoms with E-state index in [2.05, 4.69) is 10.1 Å². The first-order valence-corrected chi connectivity index (χ1v) is 12.8. The molecule has 14 nitrogen and oxygen atoms in total. The molecule has 0 bridgehead atoms. The number of aliphatic hydroxyl groups excluding tert-OH is 1. The number of carbonyl (C=O) groups is 1. The highest BCUT2D eigenvalue weighted by atomic mass is 31.2. The molecule has 1 aliphatic rings. The number of anilines is 1. The molecule has 15 heteroatoms. The standard InChI is InChI=1S/C22H31N4O10P/c1-14(19(28)33-12-11-32-3)25-37(31,36-15-7-5-4-6-8-15)34-13-16-18(27)22(2,30)20(35-16)26-10-9-17(23)24-21(26)29/h4-10,14,16,18,20,27,30H,11-13H2,1-3H3,(H,25,31)(H2,23,24,29)/t14-,16+,18+,20+,22+,37-/m0/s1. The van der Waals surface area contributed by atoms with Gasteiger partial charge < -0.3 is 34.7 Å². The Balaban J connectivity index is 1.76. The van der Waals surface area contributed by atoms with Crippen LogP contribution in [-0.2, 0) is 28.1 Å². The van der Waals surface area contributed by atoms with Gasteiger partial charge >= 0.3 is 19.4 Å². The molecule has 2 aromatic rings. The van der Waals surface area contributed by atoms with Gasteiger partial charge in [-0.25, -0.2) is 9.36 Å². The molecule has 0 amide bonds. The van der Waals surface area contributed by atoms with Crippen molar-refractivity contribution in [3.05, 3.63) is 53.1 Å². The molecule has 1 saturated heterocycles. The molecule has 1 aliphatic heterocycles. The minimum atomic E-state index is -4.27. The Kier molecular flexibility index (Phi) is 9.42. The molecule has 0 aliphatic carbocycles. The third-order valence-electron chi connectivity index (χ3n) is 5.47. The second-order valence-electron chi connectivity index (χ2n) is 8.45. The van der Waals surface area contributed by atoms with Gasteiger partial charge in [0.15, 0.2) is 6.23 Å². The van der Waals surface area contributed by atoms with Gasteiger partial charge in [-0.15, -0.1) is 0 Å². The number of para-hydroxylation sites is 1. The lowest BCUT2D eigenvalue weighted by Crippen LogP contribution is -2.46. The zero-order valence-corrected chi connectivity index (χ0v) is 21.4. The molecule has 0 radical (unpaired) electrons. The summed E-state index contributed by atoms with van der Waals surface area (Å²) in [6.45, 7) is 2.29. The molecule has 0 saturated carbocycles. The van der Waals surface area contributed by atoms with Crippen molar-refractivity contribution in [1.29, 1.82) is 0 Å². The second-order valence-corrected chi connectivity index (χ2v) is 10.1. The van der Waals surface area contributed by atoms with Gasteiger partial charge in [0.1, 0.15) is 42.0 Å². The zero-order valence-electron chi connectivity index (χ0n) is 20.6. The topological polar surface area (TPSA) is 194 Å². The van der Waals surface area contributed by atoms with E-state index in [-0.39, 0.29) is 24.8 Å². The molecule has 0 unspecified atom stereocenters. The number of aliphatic hydroxyl groups is 2. The molecule has 5 N–H and O–H groups in total. The van der Waals surface area contributed by atoms with Crippen molar-refractivity contribution in [3.8, 4) is 5.75 Å². The third kappa shape index (κ3) is 7.14. The Morgan fingerprint density at radius 2 is 2.03 bits per heavy atom. The van der Waals surface area contributed by atoms with E-state index in [9.17, 15) is 24.4 Å². The molecule has 204 valence electrons. The smallest absolute Gasteiger partial charge is 0.459 e. The lowest BCUT2D eigenvalue weighted by molar-refractivity contribution is -0.146. The Morgan fingerprint density at radius 1 is 1.32 bits per heavy atom. The van der Waals surface area contributed by atoms with Crippen LogP contribution in [0, 0.1) is 0 Å². The summed E-state index contributed by atoms with van der Waals surface area (Å²) in [5, 5.41) is 24.1. The Morgan fingerprint density at radius 3 is 2.68 bits per heavy atom. The highest BCUT2D eigenvalue weighted by Crippen LogP contribution is 2.46. The van der Waals surface area contributed by atoms with Gasteiger partial charge in [-0.05, 0) is 32.0 Å². The summed E-state index contributed by atoms with van der Waals surface area (Å²) >= 11 is 0. The summed E-state index contributed by atoms with van der Waals surface area (Å²) in [6, 6.07) is 8.29. The molecule has 6 atom stereocenters. The normalized spacial score (nSPS) is 25.8. The van der Waals surface area contributed by atoms with E-state index in [1.54, 1.807) is 18.2 Å². The van der Waals surface area contributed by atoms with E-state index in [1.165, 1.54) is 45.4 Å². The highest BCUT2D eigenvalue weighted by molar-refractivity contribution is 7.52.